The minimum atomic E-state index is -4.65. The van der Waals surface area contributed by atoms with Gasteiger partial charge in [-0.25, -0.2) is 18.4 Å². The number of aromatic nitrogens is 4. The van der Waals surface area contributed by atoms with Crippen LogP contribution in [0.5, 0.6) is 0 Å². The number of imidazole rings is 1. The largest absolute Gasteiger partial charge is 0.618 e. The number of sulfone groups is 1. The van der Waals surface area contributed by atoms with E-state index in [1.807, 2.05) is 0 Å². The van der Waals surface area contributed by atoms with Gasteiger partial charge in [0.25, 0.3) is 5.69 Å². The SMILES string of the molecule is CCS(=O)(=O)c1ccc[n+]([O-])c1-c1nc2cc(C(F)(F)F)ncc2n1C. The lowest BCUT2D eigenvalue weighted by atomic mass is 10.3. The number of aryl methyl sites for hydroxylation is 1. The van der Waals surface area contributed by atoms with Gasteiger partial charge in [-0.3, -0.25) is 0 Å². The van der Waals surface area contributed by atoms with E-state index in [0.717, 1.165) is 18.5 Å². The molecule has 0 spiro atoms. The number of halogens is 3. The number of rotatable bonds is 3. The predicted molar refractivity (Wildman–Crippen MR) is 85.6 cm³/mol. The van der Waals surface area contributed by atoms with Crippen LogP contribution in [0.15, 0.2) is 35.5 Å². The quantitative estimate of drug-likeness (QED) is 0.508. The van der Waals surface area contributed by atoms with Gasteiger partial charge in [0.05, 0.1) is 23.0 Å². The van der Waals surface area contributed by atoms with Gasteiger partial charge in [-0.1, -0.05) is 6.92 Å². The van der Waals surface area contributed by atoms with Crippen molar-refractivity contribution in [1.29, 1.82) is 0 Å². The Bertz CT molecular complexity index is 1110. The molecule has 0 fully saturated rings. The van der Waals surface area contributed by atoms with Gasteiger partial charge >= 0.3 is 6.18 Å². The maximum absolute atomic E-state index is 12.8. The molecule has 3 aromatic rings. The molecular weight excluding hydrogens is 373 g/mol. The standard InChI is InChI=1S/C15H13F3N4O3S/c1-3-26(24,25)11-5-4-6-22(23)13(11)14-20-9-7-12(15(16,17)18)19-8-10(9)21(14)2/h4-8H,3H2,1-2H3. The van der Waals surface area contributed by atoms with Crippen molar-refractivity contribution in [3.8, 4) is 11.5 Å². The minimum Gasteiger partial charge on any atom is -0.618 e. The lowest BCUT2D eigenvalue weighted by molar-refractivity contribution is -0.595. The fourth-order valence-corrected chi connectivity index (χ4v) is 3.61. The Kier molecular flexibility index (Phi) is 4.14. The molecule has 3 heterocycles. The van der Waals surface area contributed by atoms with Crippen molar-refractivity contribution in [2.75, 3.05) is 5.75 Å². The average molecular weight is 386 g/mol. The van der Waals surface area contributed by atoms with Crippen LogP contribution in [-0.4, -0.2) is 28.7 Å². The molecule has 0 unspecified atom stereocenters. The molecule has 0 aliphatic carbocycles. The zero-order chi connectivity index (χ0) is 19.3. The second-order valence-corrected chi connectivity index (χ2v) is 7.75. The van der Waals surface area contributed by atoms with E-state index < -0.39 is 21.7 Å². The molecule has 0 saturated heterocycles. The van der Waals surface area contributed by atoms with Crippen LogP contribution in [0.25, 0.3) is 22.6 Å². The molecule has 0 radical (unpaired) electrons. The van der Waals surface area contributed by atoms with E-state index in [1.165, 1.54) is 30.7 Å². The molecule has 0 aliphatic rings. The fourth-order valence-electron chi connectivity index (χ4n) is 2.54. The Balaban J connectivity index is 2.32. The smallest absolute Gasteiger partial charge is 0.433 e. The zero-order valence-corrected chi connectivity index (χ0v) is 14.5. The second kappa shape index (κ2) is 5.94. The lowest BCUT2D eigenvalue weighted by Gasteiger charge is -2.09. The van der Waals surface area contributed by atoms with E-state index in [0.29, 0.717) is 4.73 Å². The molecular formula is C15H13F3N4O3S. The third-order valence-electron chi connectivity index (χ3n) is 3.91. The summed E-state index contributed by atoms with van der Waals surface area (Å²) in [5.41, 5.74) is -1.19. The summed E-state index contributed by atoms with van der Waals surface area (Å²) >= 11 is 0. The van der Waals surface area contributed by atoms with Gasteiger partial charge in [0.2, 0.25) is 5.82 Å². The Morgan fingerprint density at radius 2 is 2.04 bits per heavy atom. The summed E-state index contributed by atoms with van der Waals surface area (Å²) in [5, 5.41) is 12.3. The number of alkyl halides is 3. The molecule has 138 valence electrons. The highest BCUT2D eigenvalue weighted by Gasteiger charge is 2.34. The highest BCUT2D eigenvalue weighted by molar-refractivity contribution is 7.91. The maximum atomic E-state index is 12.8. The number of nitrogens with zero attached hydrogens (tertiary/aromatic N) is 4. The first-order valence-electron chi connectivity index (χ1n) is 7.41. The van der Waals surface area contributed by atoms with Gasteiger partial charge in [-0.05, 0) is 12.1 Å². The second-order valence-electron chi connectivity index (χ2n) is 5.50. The third-order valence-corrected chi connectivity index (χ3v) is 5.67. The molecule has 7 nitrogen and oxygen atoms in total. The first kappa shape index (κ1) is 18.1. The Labute approximate surface area is 146 Å². The highest BCUT2D eigenvalue weighted by Crippen LogP contribution is 2.31. The van der Waals surface area contributed by atoms with Crippen LogP contribution in [0.2, 0.25) is 0 Å². The monoisotopic (exact) mass is 386 g/mol. The van der Waals surface area contributed by atoms with Crippen molar-refractivity contribution in [3.05, 3.63) is 41.5 Å². The summed E-state index contributed by atoms with van der Waals surface area (Å²) in [6, 6.07) is 3.30. The molecule has 0 aliphatic heterocycles. The molecule has 0 bridgehead atoms. The predicted octanol–water partition coefficient (Wildman–Crippen LogP) is 2.08. The number of fused-ring (bicyclic) bond motifs is 1. The summed E-state index contributed by atoms with van der Waals surface area (Å²) in [7, 11) is -2.29. The molecule has 0 amide bonds. The molecule has 11 heteroatoms. The van der Waals surface area contributed by atoms with Gasteiger partial charge in [0.15, 0.2) is 16.0 Å². The topological polar surface area (TPSA) is 91.8 Å². The third kappa shape index (κ3) is 2.87. The fraction of sp³-hybridized carbons (Fsp3) is 0.267. The Hall–Kier alpha value is -2.69. The lowest BCUT2D eigenvalue weighted by Crippen LogP contribution is -2.31. The normalized spacial score (nSPS) is 12.7. The molecule has 3 aromatic heterocycles. The Morgan fingerprint density at radius 3 is 2.65 bits per heavy atom. The van der Waals surface area contributed by atoms with Gasteiger partial charge in [-0.15, -0.1) is 0 Å². The average Bonchev–Trinajstić information content (AvgIpc) is 2.90. The summed E-state index contributed by atoms with van der Waals surface area (Å²) in [5.74, 6) is -0.308. The number of hydrogen-bond donors (Lipinski definition) is 0. The molecule has 0 aromatic carbocycles. The molecule has 0 saturated carbocycles. The van der Waals surface area contributed by atoms with E-state index >= 15 is 0 Å². The van der Waals surface area contributed by atoms with Crippen molar-refractivity contribution < 1.29 is 26.3 Å². The first-order chi connectivity index (χ1) is 12.1. The molecule has 0 N–H and O–H groups in total. The van der Waals surface area contributed by atoms with Crippen LogP contribution in [0.1, 0.15) is 12.6 Å². The van der Waals surface area contributed by atoms with E-state index in [-0.39, 0.29) is 33.2 Å². The summed E-state index contributed by atoms with van der Waals surface area (Å²) < 4.78 is 64.8. The van der Waals surface area contributed by atoms with E-state index in [4.69, 9.17) is 0 Å². The molecule has 3 rings (SSSR count). The van der Waals surface area contributed by atoms with E-state index in [1.54, 1.807) is 0 Å². The van der Waals surface area contributed by atoms with Crippen LogP contribution >= 0.6 is 0 Å². The van der Waals surface area contributed by atoms with Crippen LogP contribution in [0.4, 0.5) is 13.2 Å². The number of hydrogen-bond acceptors (Lipinski definition) is 5. The van der Waals surface area contributed by atoms with Crippen molar-refractivity contribution in [2.24, 2.45) is 7.05 Å². The van der Waals surface area contributed by atoms with E-state index in [9.17, 15) is 26.8 Å². The minimum absolute atomic E-state index is 0.0477. The number of pyridine rings is 2. The molecule has 26 heavy (non-hydrogen) atoms. The van der Waals surface area contributed by atoms with Crippen LogP contribution in [-0.2, 0) is 23.1 Å². The first-order valence-corrected chi connectivity index (χ1v) is 9.06. The summed E-state index contributed by atoms with van der Waals surface area (Å²) in [6.45, 7) is 1.43. The van der Waals surface area contributed by atoms with Crippen LogP contribution < -0.4 is 4.73 Å². The van der Waals surface area contributed by atoms with Gasteiger partial charge in [0.1, 0.15) is 10.6 Å². The van der Waals surface area contributed by atoms with Crippen molar-refractivity contribution in [2.45, 2.75) is 18.0 Å². The van der Waals surface area contributed by atoms with Gasteiger partial charge < -0.3 is 9.77 Å². The summed E-state index contributed by atoms with van der Waals surface area (Å²) in [4.78, 5) is 7.19. The van der Waals surface area contributed by atoms with E-state index in [2.05, 4.69) is 9.97 Å². The Morgan fingerprint density at radius 1 is 1.35 bits per heavy atom. The van der Waals surface area contributed by atoms with Gasteiger partial charge in [0, 0.05) is 13.1 Å². The highest BCUT2D eigenvalue weighted by atomic mass is 32.2. The molecule has 0 atom stereocenters. The zero-order valence-electron chi connectivity index (χ0n) is 13.6. The van der Waals surface area contributed by atoms with Crippen molar-refractivity contribution in [1.82, 2.24) is 14.5 Å². The van der Waals surface area contributed by atoms with Crippen LogP contribution in [0, 0.1) is 5.21 Å². The van der Waals surface area contributed by atoms with Crippen molar-refractivity contribution in [3.63, 3.8) is 0 Å². The summed E-state index contributed by atoms with van der Waals surface area (Å²) in [6.07, 6.45) is -2.56. The maximum Gasteiger partial charge on any atom is 0.433 e. The van der Waals surface area contributed by atoms with Crippen molar-refractivity contribution >= 4 is 20.9 Å². The van der Waals surface area contributed by atoms with Crippen LogP contribution in [0.3, 0.4) is 0 Å². The van der Waals surface area contributed by atoms with Gasteiger partial charge in [-0.2, -0.15) is 17.9 Å².